The van der Waals surface area contributed by atoms with Crippen LogP contribution in [0, 0.1) is 0 Å². The predicted octanol–water partition coefficient (Wildman–Crippen LogP) is 6.41. The summed E-state index contributed by atoms with van der Waals surface area (Å²) in [5.41, 5.74) is 1.07. The van der Waals surface area contributed by atoms with E-state index in [1.54, 1.807) is 8.58 Å². The number of hydrogen-bond donors (Lipinski definition) is 0. The summed E-state index contributed by atoms with van der Waals surface area (Å²) < 4.78 is 0. The van der Waals surface area contributed by atoms with E-state index in [0.29, 0.717) is 0 Å². The van der Waals surface area contributed by atoms with Gasteiger partial charge in [0.15, 0.2) is 0 Å². The molecule has 0 atom stereocenters. The van der Waals surface area contributed by atoms with Gasteiger partial charge in [-0.2, -0.15) is 0 Å². The molecule has 1 heteroatoms. The molecule has 1 radical (unpaired) electrons. The van der Waals surface area contributed by atoms with Crippen molar-refractivity contribution in [3.63, 3.8) is 0 Å². The van der Waals surface area contributed by atoms with Crippen LogP contribution < -0.4 is 0 Å². The van der Waals surface area contributed by atoms with Crippen LogP contribution in [0.3, 0.4) is 0 Å². The van der Waals surface area contributed by atoms with Gasteiger partial charge in [0.25, 0.3) is 0 Å². The molecule has 1 saturated carbocycles. The van der Waals surface area contributed by atoms with E-state index in [1.165, 1.54) is 89.6 Å². The van der Waals surface area contributed by atoms with Crippen molar-refractivity contribution in [3.8, 4) is 0 Å². The predicted molar refractivity (Wildman–Crippen MR) is 81.3 cm³/mol. The van der Waals surface area contributed by atoms with Crippen LogP contribution in [0.2, 0.25) is 0 Å². The molecular weight excluding hydrogens is 223 g/mol. The second-order valence-electron chi connectivity index (χ2n) is 5.67. The molecule has 0 aliphatic heterocycles. The maximum atomic E-state index is 2.30. The molecule has 1 fully saturated rings. The zero-order valence-electron chi connectivity index (χ0n) is 11.9. The van der Waals surface area contributed by atoms with Gasteiger partial charge in [0.1, 0.15) is 0 Å². The average Bonchev–Trinajstić information content (AvgIpc) is 2.61. The molecule has 101 valence electrons. The summed E-state index contributed by atoms with van der Waals surface area (Å²) in [5, 5.41) is 0. The molecule has 0 saturated heterocycles. The highest BCUT2D eigenvalue weighted by atomic mass is 31.1. The zero-order valence-corrected chi connectivity index (χ0v) is 12.8. The fourth-order valence-corrected chi connectivity index (χ4v) is 4.28. The van der Waals surface area contributed by atoms with Crippen molar-refractivity contribution in [2.75, 3.05) is 6.16 Å². The third kappa shape index (κ3) is 9.06. The van der Waals surface area contributed by atoms with E-state index in [-0.39, 0.29) is 0 Å². The molecule has 1 aliphatic carbocycles. The van der Waals surface area contributed by atoms with E-state index in [9.17, 15) is 0 Å². The van der Waals surface area contributed by atoms with Crippen molar-refractivity contribution >= 4 is 8.58 Å². The summed E-state index contributed by atoms with van der Waals surface area (Å²) in [6, 6.07) is 0. The summed E-state index contributed by atoms with van der Waals surface area (Å²) in [5.74, 6) is 0. The van der Waals surface area contributed by atoms with Gasteiger partial charge in [-0.25, -0.2) is 0 Å². The third-order valence-corrected chi connectivity index (χ3v) is 5.58. The highest BCUT2D eigenvalue weighted by molar-refractivity contribution is 7.38. The van der Waals surface area contributed by atoms with Crippen molar-refractivity contribution in [3.05, 3.63) is 0 Å². The Morgan fingerprint density at radius 2 is 1.35 bits per heavy atom. The molecule has 0 amide bonds. The van der Waals surface area contributed by atoms with Crippen LogP contribution in [0.4, 0.5) is 0 Å². The van der Waals surface area contributed by atoms with Gasteiger partial charge in [-0.05, 0) is 31.1 Å². The lowest BCUT2D eigenvalue weighted by Crippen LogP contribution is -1.99. The van der Waals surface area contributed by atoms with Crippen LogP contribution in [0.1, 0.15) is 90.4 Å². The first kappa shape index (κ1) is 15.5. The maximum absolute atomic E-state index is 2.30. The van der Waals surface area contributed by atoms with Gasteiger partial charge in [-0.3, -0.25) is 0 Å². The Morgan fingerprint density at radius 1 is 0.765 bits per heavy atom. The Balaban J connectivity index is 1.82. The molecular formula is C16H32P. The Morgan fingerprint density at radius 3 is 2.00 bits per heavy atom. The Labute approximate surface area is 111 Å². The first-order chi connectivity index (χ1) is 8.43. The van der Waals surface area contributed by atoms with Gasteiger partial charge in [0.2, 0.25) is 0 Å². The van der Waals surface area contributed by atoms with E-state index in [2.05, 4.69) is 6.92 Å². The van der Waals surface area contributed by atoms with Crippen LogP contribution in [0.15, 0.2) is 0 Å². The van der Waals surface area contributed by atoms with Gasteiger partial charge >= 0.3 is 0 Å². The fraction of sp³-hybridized carbons (Fsp3) is 1.00. The standard InChI is InChI=1S/C16H32P/c1-2-3-4-5-6-9-12-15-17-16-13-10-7-8-11-14-16/h16H,2-15H2,1H3. The second-order valence-corrected chi connectivity index (χ2v) is 7.22. The normalized spacial score (nSPS) is 18.9. The molecule has 0 spiro atoms. The van der Waals surface area contributed by atoms with Gasteiger partial charge in [0, 0.05) is 0 Å². The molecule has 17 heavy (non-hydrogen) atoms. The monoisotopic (exact) mass is 255 g/mol. The first-order valence-electron chi connectivity index (χ1n) is 8.10. The van der Waals surface area contributed by atoms with E-state index in [0.717, 1.165) is 5.66 Å². The highest BCUT2D eigenvalue weighted by Gasteiger charge is 2.11. The highest BCUT2D eigenvalue weighted by Crippen LogP contribution is 2.32. The van der Waals surface area contributed by atoms with Crippen molar-refractivity contribution < 1.29 is 0 Å². The second kappa shape index (κ2) is 11.5. The van der Waals surface area contributed by atoms with Crippen LogP contribution >= 0.6 is 8.58 Å². The molecule has 0 aromatic carbocycles. The molecule has 0 bridgehead atoms. The first-order valence-corrected chi connectivity index (χ1v) is 9.25. The van der Waals surface area contributed by atoms with Gasteiger partial charge < -0.3 is 0 Å². The zero-order chi connectivity index (χ0) is 12.2. The Hall–Kier alpha value is 0.430. The average molecular weight is 255 g/mol. The summed E-state index contributed by atoms with van der Waals surface area (Å²) in [4.78, 5) is 0. The summed E-state index contributed by atoms with van der Waals surface area (Å²) in [6.45, 7) is 2.30. The topological polar surface area (TPSA) is 0 Å². The summed E-state index contributed by atoms with van der Waals surface area (Å²) >= 11 is 0. The molecule has 0 heterocycles. The molecule has 0 N–H and O–H groups in total. The van der Waals surface area contributed by atoms with Crippen molar-refractivity contribution in [1.82, 2.24) is 0 Å². The molecule has 0 unspecified atom stereocenters. The maximum Gasteiger partial charge on any atom is -0.0170 e. The minimum Gasteiger partial charge on any atom is -0.0775 e. The molecule has 0 aromatic heterocycles. The Kier molecular flexibility index (Phi) is 10.5. The van der Waals surface area contributed by atoms with Gasteiger partial charge in [-0.1, -0.05) is 79.7 Å². The van der Waals surface area contributed by atoms with Crippen LogP contribution in [0.5, 0.6) is 0 Å². The lowest BCUT2D eigenvalue weighted by Gasteiger charge is -2.12. The van der Waals surface area contributed by atoms with E-state index < -0.39 is 0 Å². The van der Waals surface area contributed by atoms with Crippen molar-refractivity contribution in [2.45, 2.75) is 96.1 Å². The van der Waals surface area contributed by atoms with Crippen molar-refractivity contribution in [1.29, 1.82) is 0 Å². The van der Waals surface area contributed by atoms with Crippen molar-refractivity contribution in [2.24, 2.45) is 0 Å². The quantitative estimate of drug-likeness (QED) is 0.254. The largest absolute Gasteiger partial charge is 0.0775 e. The lowest BCUT2D eigenvalue weighted by atomic mass is 10.1. The van der Waals surface area contributed by atoms with Gasteiger partial charge in [0.05, 0.1) is 0 Å². The van der Waals surface area contributed by atoms with Crippen LogP contribution in [-0.4, -0.2) is 11.8 Å². The number of hydrogen-bond acceptors (Lipinski definition) is 0. The lowest BCUT2D eigenvalue weighted by molar-refractivity contribution is 0.602. The van der Waals surface area contributed by atoms with E-state index in [1.807, 2.05) is 0 Å². The van der Waals surface area contributed by atoms with Crippen LogP contribution in [0.25, 0.3) is 0 Å². The fourth-order valence-electron chi connectivity index (χ4n) is 2.78. The molecule has 0 aromatic rings. The molecule has 0 nitrogen and oxygen atoms in total. The van der Waals surface area contributed by atoms with Crippen LogP contribution in [-0.2, 0) is 0 Å². The summed E-state index contributed by atoms with van der Waals surface area (Å²) in [7, 11) is 1.78. The summed E-state index contributed by atoms with van der Waals surface area (Å²) in [6.07, 6.45) is 20.8. The number of unbranched alkanes of at least 4 members (excludes halogenated alkanes) is 6. The SMILES string of the molecule is CCCCCCCCC[P]C1CCCCCC1. The minimum atomic E-state index is 1.07. The van der Waals surface area contributed by atoms with E-state index >= 15 is 0 Å². The Bertz CT molecular complexity index is 148. The minimum absolute atomic E-state index is 1.07. The molecule has 1 aliphatic rings. The van der Waals surface area contributed by atoms with E-state index in [4.69, 9.17) is 0 Å². The molecule has 1 rings (SSSR count). The smallest absolute Gasteiger partial charge is 0.0170 e. The third-order valence-electron chi connectivity index (χ3n) is 3.97. The van der Waals surface area contributed by atoms with Gasteiger partial charge in [-0.15, -0.1) is 0 Å². The number of rotatable bonds is 9.